The van der Waals surface area contributed by atoms with Crippen LogP contribution in [0.1, 0.15) is 30.0 Å². The van der Waals surface area contributed by atoms with Gasteiger partial charge in [-0.25, -0.2) is 0 Å². The Hall–Kier alpha value is -1.62. The Morgan fingerprint density at radius 2 is 2.06 bits per heavy atom. The first kappa shape index (κ1) is 11.9. The molecule has 0 aliphatic carbocycles. The summed E-state index contributed by atoms with van der Waals surface area (Å²) in [6.45, 7) is 2.09. The summed E-state index contributed by atoms with van der Waals surface area (Å²) in [6, 6.07) is 4.02. The van der Waals surface area contributed by atoms with E-state index in [1.165, 1.54) is 0 Å². The molecule has 5 nitrogen and oxygen atoms in total. The standard InChI is InChI=1S/C12H19N5/c1-4-9-8-12(17(3)15-9)11(13)7-10-5-6-16(2)14-10/h5-6,8,11H,4,7,13H2,1-3H3. The summed E-state index contributed by atoms with van der Waals surface area (Å²) >= 11 is 0. The molecule has 0 radical (unpaired) electrons. The smallest absolute Gasteiger partial charge is 0.0643 e. The monoisotopic (exact) mass is 233 g/mol. The van der Waals surface area contributed by atoms with Crippen molar-refractivity contribution in [1.29, 1.82) is 0 Å². The van der Waals surface area contributed by atoms with E-state index in [0.717, 1.165) is 29.9 Å². The van der Waals surface area contributed by atoms with Crippen LogP contribution in [0.2, 0.25) is 0 Å². The highest BCUT2D eigenvalue weighted by molar-refractivity contribution is 5.16. The van der Waals surface area contributed by atoms with Crippen LogP contribution in [0, 0.1) is 0 Å². The lowest BCUT2D eigenvalue weighted by molar-refractivity contribution is 0.602. The van der Waals surface area contributed by atoms with E-state index in [9.17, 15) is 0 Å². The molecule has 1 unspecified atom stereocenters. The molecule has 0 aliphatic heterocycles. The molecule has 0 saturated carbocycles. The topological polar surface area (TPSA) is 61.7 Å². The number of nitrogens with zero attached hydrogens (tertiary/aromatic N) is 4. The first-order valence-corrected chi connectivity index (χ1v) is 5.87. The van der Waals surface area contributed by atoms with E-state index >= 15 is 0 Å². The molecule has 0 amide bonds. The van der Waals surface area contributed by atoms with Gasteiger partial charge in [-0.1, -0.05) is 6.92 Å². The van der Waals surface area contributed by atoms with E-state index in [1.54, 1.807) is 4.68 Å². The fraction of sp³-hybridized carbons (Fsp3) is 0.500. The number of hydrogen-bond acceptors (Lipinski definition) is 3. The van der Waals surface area contributed by atoms with Crippen molar-refractivity contribution in [2.75, 3.05) is 0 Å². The van der Waals surface area contributed by atoms with Crippen molar-refractivity contribution in [2.24, 2.45) is 19.8 Å². The third-order valence-corrected chi connectivity index (χ3v) is 2.91. The summed E-state index contributed by atoms with van der Waals surface area (Å²) < 4.78 is 3.66. The van der Waals surface area contributed by atoms with Crippen molar-refractivity contribution < 1.29 is 0 Å². The molecule has 0 spiro atoms. The van der Waals surface area contributed by atoms with E-state index in [2.05, 4.69) is 23.2 Å². The van der Waals surface area contributed by atoms with Gasteiger partial charge in [0.1, 0.15) is 0 Å². The predicted molar refractivity (Wildman–Crippen MR) is 66.4 cm³/mol. The Balaban J connectivity index is 2.13. The normalized spacial score (nSPS) is 12.9. The average molecular weight is 233 g/mol. The Bertz CT molecular complexity index is 497. The van der Waals surface area contributed by atoms with Crippen LogP contribution in [0.4, 0.5) is 0 Å². The van der Waals surface area contributed by atoms with Crippen molar-refractivity contribution in [2.45, 2.75) is 25.8 Å². The number of rotatable bonds is 4. The van der Waals surface area contributed by atoms with Gasteiger partial charge in [0, 0.05) is 26.7 Å². The maximum Gasteiger partial charge on any atom is 0.0643 e. The highest BCUT2D eigenvalue weighted by Gasteiger charge is 2.14. The van der Waals surface area contributed by atoms with Gasteiger partial charge in [0.15, 0.2) is 0 Å². The fourth-order valence-electron chi connectivity index (χ4n) is 1.97. The summed E-state index contributed by atoms with van der Waals surface area (Å²) in [5.41, 5.74) is 9.35. The van der Waals surface area contributed by atoms with Crippen molar-refractivity contribution in [3.8, 4) is 0 Å². The largest absolute Gasteiger partial charge is 0.322 e. The molecule has 2 rings (SSSR count). The van der Waals surface area contributed by atoms with E-state index < -0.39 is 0 Å². The van der Waals surface area contributed by atoms with E-state index in [-0.39, 0.29) is 6.04 Å². The molecule has 2 heterocycles. The van der Waals surface area contributed by atoms with Crippen LogP contribution in [-0.4, -0.2) is 19.6 Å². The predicted octanol–water partition coefficient (Wildman–Crippen LogP) is 0.958. The van der Waals surface area contributed by atoms with Gasteiger partial charge in [-0.2, -0.15) is 10.2 Å². The number of hydrogen-bond donors (Lipinski definition) is 1. The second kappa shape index (κ2) is 4.71. The number of aryl methyl sites for hydroxylation is 3. The lowest BCUT2D eigenvalue weighted by Crippen LogP contribution is -2.17. The fourth-order valence-corrected chi connectivity index (χ4v) is 1.97. The van der Waals surface area contributed by atoms with Crippen LogP contribution < -0.4 is 5.73 Å². The third-order valence-electron chi connectivity index (χ3n) is 2.91. The molecule has 0 fully saturated rings. The molecular formula is C12H19N5. The van der Waals surface area contributed by atoms with Crippen LogP contribution >= 0.6 is 0 Å². The molecule has 92 valence electrons. The van der Waals surface area contributed by atoms with Gasteiger partial charge in [-0.05, 0) is 18.6 Å². The molecule has 2 N–H and O–H groups in total. The van der Waals surface area contributed by atoms with Crippen molar-refractivity contribution in [3.05, 3.63) is 35.4 Å². The SMILES string of the molecule is CCc1cc(C(N)Cc2ccn(C)n2)n(C)n1. The van der Waals surface area contributed by atoms with Crippen molar-refractivity contribution in [3.63, 3.8) is 0 Å². The third kappa shape index (κ3) is 2.55. The lowest BCUT2D eigenvalue weighted by atomic mass is 10.1. The Morgan fingerprint density at radius 1 is 1.29 bits per heavy atom. The first-order chi connectivity index (χ1) is 8.10. The zero-order valence-corrected chi connectivity index (χ0v) is 10.6. The molecule has 0 aromatic carbocycles. The first-order valence-electron chi connectivity index (χ1n) is 5.87. The van der Waals surface area contributed by atoms with Gasteiger partial charge in [0.2, 0.25) is 0 Å². The van der Waals surface area contributed by atoms with Crippen molar-refractivity contribution >= 4 is 0 Å². The minimum atomic E-state index is -0.0531. The molecule has 2 aromatic heterocycles. The maximum absolute atomic E-state index is 6.20. The second-order valence-corrected chi connectivity index (χ2v) is 4.33. The van der Waals surface area contributed by atoms with E-state index in [1.807, 2.05) is 31.0 Å². The summed E-state index contributed by atoms with van der Waals surface area (Å²) in [6.07, 6.45) is 3.61. The quantitative estimate of drug-likeness (QED) is 0.855. The van der Waals surface area contributed by atoms with Gasteiger partial charge >= 0.3 is 0 Å². The van der Waals surface area contributed by atoms with Gasteiger partial charge < -0.3 is 5.73 Å². The molecular weight excluding hydrogens is 214 g/mol. The van der Waals surface area contributed by atoms with Gasteiger partial charge in [-0.15, -0.1) is 0 Å². The molecule has 1 atom stereocenters. The molecule has 2 aromatic rings. The zero-order valence-electron chi connectivity index (χ0n) is 10.6. The lowest BCUT2D eigenvalue weighted by Gasteiger charge is -2.09. The summed E-state index contributed by atoms with van der Waals surface area (Å²) in [5.74, 6) is 0. The van der Waals surface area contributed by atoms with Crippen LogP contribution in [0.15, 0.2) is 18.3 Å². The number of nitrogens with two attached hydrogens (primary N) is 1. The van der Waals surface area contributed by atoms with Gasteiger partial charge in [0.25, 0.3) is 0 Å². The maximum atomic E-state index is 6.20. The molecule has 0 bridgehead atoms. The Kier molecular flexibility index (Phi) is 3.28. The van der Waals surface area contributed by atoms with Gasteiger partial charge in [-0.3, -0.25) is 9.36 Å². The minimum absolute atomic E-state index is 0.0531. The van der Waals surface area contributed by atoms with Crippen molar-refractivity contribution in [1.82, 2.24) is 19.6 Å². The molecule has 5 heteroatoms. The molecule has 0 aliphatic rings. The second-order valence-electron chi connectivity index (χ2n) is 4.33. The molecule has 0 saturated heterocycles. The van der Waals surface area contributed by atoms with E-state index in [4.69, 9.17) is 5.73 Å². The Morgan fingerprint density at radius 3 is 2.59 bits per heavy atom. The summed E-state index contributed by atoms with van der Waals surface area (Å²) in [5, 5.41) is 8.75. The van der Waals surface area contributed by atoms with Crippen LogP contribution in [0.3, 0.4) is 0 Å². The van der Waals surface area contributed by atoms with Crippen LogP contribution in [-0.2, 0) is 26.9 Å². The average Bonchev–Trinajstić information content (AvgIpc) is 2.85. The number of aromatic nitrogens is 4. The summed E-state index contributed by atoms with van der Waals surface area (Å²) in [7, 11) is 3.85. The van der Waals surface area contributed by atoms with Gasteiger partial charge in [0.05, 0.1) is 23.1 Å². The molecule has 17 heavy (non-hydrogen) atoms. The van der Waals surface area contributed by atoms with Crippen LogP contribution in [0.5, 0.6) is 0 Å². The minimum Gasteiger partial charge on any atom is -0.322 e. The van der Waals surface area contributed by atoms with E-state index in [0.29, 0.717) is 0 Å². The zero-order chi connectivity index (χ0) is 12.4. The van der Waals surface area contributed by atoms with Crippen LogP contribution in [0.25, 0.3) is 0 Å². The highest BCUT2D eigenvalue weighted by Crippen LogP contribution is 2.16. The Labute approximate surface area is 101 Å². The summed E-state index contributed by atoms with van der Waals surface area (Å²) in [4.78, 5) is 0. The highest BCUT2D eigenvalue weighted by atomic mass is 15.3.